The molecule has 2 aromatic heterocycles. The fraction of sp³-hybridized carbons (Fsp3) is 0.217. The van der Waals surface area contributed by atoms with E-state index in [1.165, 1.54) is 22.0 Å². The zero-order valence-corrected chi connectivity index (χ0v) is 17.4. The Balaban J connectivity index is 1.29. The maximum Gasteiger partial charge on any atom is 0.264 e. The third kappa shape index (κ3) is 3.68. The molecule has 0 saturated heterocycles. The summed E-state index contributed by atoms with van der Waals surface area (Å²) in [6.07, 6.45) is 2.57. The molecule has 0 N–H and O–H groups in total. The first-order valence-electron chi connectivity index (χ1n) is 10.2. The van der Waals surface area contributed by atoms with E-state index in [0.717, 1.165) is 5.69 Å². The maximum atomic E-state index is 12.9. The zero-order chi connectivity index (χ0) is 22.1. The molecule has 1 atom stereocenters. The highest BCUT2D eigenvalue weighted by molar-refractivity contribution is 5.77. The molecule has 0 radical (unpaired) electrons. The molecule has 9 heteroatoms. The molecule has 0 fully saturated rings. The van der Waals surface area contributed by atoms with Crippen molar-refractivity contribution in [2.75, 3.05) is 20.2 Å². The van der Waals surface area contributed by atoms with Crippen LogP contribution in [0.3, 0.4) is 0 Å². The van der Waals surface area contributed by atoms with Gasteiger partial charge >= 0.3 is 0 Å². The first-order valence-corrected chi connectivity index (χ1v) is 10.2. The minimum Gasteiger partial charge on any atom is -0.486 e. The molecule has 32 heavy (non-hydrogen) atoms. The van der Waals surface area contributed by atoms with Crippen LogP contribution in [0.1, 0.15) is 0 Å². The number of amides is 1. The van der Waals surface area contributed by atoms with E-state index in [9.17, 15) is 9.59 Å². The van der Waals surface area contributed by atoms with Gasteiger partial charge in [-0.3, -0.25) is 14.2 Å². The number of benzene rings is 2. The molecule has 4 aromatic rings. The summed E-state index contributed by atoms with van der Waals surface area (Å²) in [5.74, 6) is 1.12. The molecule has 5 rings (SSSR count). The Morgan fingerprint density at radius 2 is 1.88 bits per heavy atom. The Bertz CT molecular complexity index is 1330. The van der Waals surface area contributed by atoms with Crippen molar-refractivity contribution < 1.29 is 14.3 Å². The van der Waals surface area contributed by atoms with E-state index >= 15 is 0 Å². The fourth-order valence-electron chi connectivity index (χ4n) is 3.65. The summed E-state index contributed by atoms with van der Waals surface area (Å²) < 4.78 is 14.5. The van der Waals surface area contributed by atoms with Gasteiger partial charge in [-0.05, 0) is 24.3 Å². The van der Waals surface area contributed by atoms with Crippen molar-refractivity contribution in [1.29, 1.82) is 0 Å². The van der Waals surface area contributed by atoms with Crippen LogP contribution >= 0.6 is 0 Å². The smallest absolute Gasteiger partial charge is 0.264 e. The molecule has 0 saturated carbocycles. The fourth-order valence-corrected chi connectivity index (χ4v) is 3.65. The van der Waals surface area contributed by atoms with Crippen molar-refractivity contribution in [3.63, 3.8) is 0 Å². The molecular weight excluding hydrogens is 410 g/mol. The van der Waals surface area contributed by atoms with Crippen molar-refractivity contribution in [2.24, 2.45) is 0 Å². The molecule has 0 spiro atoms. The van der Waals surface area contributed by atoms with E-state index in [-0.39, 0.29) is 24.1 Å². The molecule has 162 valence electrons. The number of carbonyl (C=O) groups is 1. The predicted octanol–water partition coefficient (Wildman–Crippen LogP) is 1.88. The predicted molar refractivity (Wildman–Crippen MR) is 117 cm³/mol. The second-order valence-electron chi connectivity index (χ2n) is 7.58. The summed E-state index contributed by atoms with van der Waals surface area (Å²) in [6, 6.07) is 16.9. The van der Waals surface area contributed by atoms with Gasteiger partial charge in [0.1, 0.15) is 24.9 Å². The quantitative estimate of drug-likeness (QED) is 0.479. The number of hydrogen-bond acceptors (Lipinski definition) is 6. The lowest BCUT2D eigenvalue weighted by Crippen LogP contribution is -2.43. The number of fused-ring (bicyclic) bond motifs is 2. The third-order valence-corrected chi connectivity index (χ3v) is 5.33. The minimum atomic E-state index is -0.315. The van der Waals surface area contributed by atoms with Gasteiger partial charge in [0.25, 0.3) is 5.56 Å². The molecule has 0 unspecified atom stereocenters. The highest BCUT2D eigenvalue weighted by Gasteiger charge is 2.24. The monoisotopic (exact) mass is 431 g/mol. The van der Waals surface area contributed by atoms with E-state index < -0.39 is 0 Å². The van der Waals surface area contributed by atoms with E-state index in [1.807, 2.05) is 54.6 Å². The van der Waals surface area contributed by atoms with Crippen molar-refractivity contribution in [3.05, 3.63) is 77.5 Å². The SMILES string of the molecule is CN(C[C@H]1COc2ccccc2O1)C(=O)Cn1cnc2c(cnn2-c2ccccc2)c1=O. The van der Waals surface area contributed by atoms with Crippen LogP contribution in [0.25, 0.3) is 16.7 Å². The number of likely N-dealkylation sites (N-methyl/N-ethyl adjacent to an activating group) is 1. The van der Waals surface area contributed by atoms with Gasteiger partial charge in [0, 0.05) is 7.05 Å². The zero-order valence-electron chi connectivity index (χ0n) is 17.4. The lowest BCUT2D eigenvalue weighted by atomic mass is 10.2. The van der Waals surface area contributed by atoms with Crippen LogP contribution in [0.4, 0.5) is 0 Å². The average molecular weight is 431 g/mol. The summed E-state index contributed by atoms with van der Waals surface area (Å²) in [5.41, 5.74) is 0.939. The largest absolute Gasteiger partial charge is 0.486 e. The second-order valence-corrected chi connectivity index (χ2v) is 7.58. The van der Waals surface area contributed by atoms with E-state index in [0.29, 0.717) is 35.7 Å². The number of aromatic nitrogens is 4. The molecule has 9 nitrogen and oxygen atoms in total. The highest BCUT2D eigenvalue weighted by atomic mass is 16.6. The molecule has 2 aromatic carbocycles. The van der Waals surface area contributed by atoms with Crippen molar-refractivity contribution >= 4 is 16.9 Å². The topological polar surface area (TPSA) is 91.5 Å². The van der Waals surface area contributed by atoms with Crippen LogP contribution in [0, 0.1) is 0 Å². The molecule has 1 aliphatic rings. The molecular formula is C23H21N5O4. The van der Waals surface area contributed by atoms with E-state index in [1.54, 1.807) is 11.7 Å². The van der Waals surface area contributed by atoms with Crippen LogP contribution in [-0.4, -0.2) is 56.4 Å². The summed E-state index contributed by atoms with van der Waals surface area (Å²) in [4.78, 5) is 31.6. The Kier molecular flexibility index (Phi) is 5.06. The molecule has 1 amide bonds. The van der Waals surface area contributed by atoms with Crippen molar-refractivity contribution in [3.8, 4) is 17.2 Å². The van der Waals surface area contributed by atoms with Gasteiger partial charge in [0.05, 0.1) is 18.4 Å². The van der Waals surface area contributed by atoms with Gasteiger partial charge < -0.3 is 14.4 Å². The third-order valence-electron chi connectivity index (χ3n) is 5.33. The van der Waals surface area contributed by atoms with E-state index in [4.69, 9.17) is 9.47 Å². The normalized spacial score (nSPS) is 15.0. The maximum absolute atomic E-state index is 12.9. The molecule has 3 heterocycles. The van der Waals surface area contributed by atoms with Gasteiger partial charge in [-0.25, -0.2) is 9.67 Å². The first-order chi connectivity index (χ1) is 15.6. The highest BCUT2D eigenvalue weighted by Crippen LogP contribution is 2.30. The van der Waals surface area contributed by atoms with Crippen LogP contribution in [0.15, 0.2) is 71.9 Å². The van der Waals surface area contributed by atoms with Crippen LogP contribution in [0.5, 0.6) is 11.5 Å². The standard InChI is InChI=1S/C23H21N5O4/c1-26(12-17-14-31-19-9-5-6-10-20(19)32-17)21(29)13-27-15-24-22-18(23(27)30)11-25-28(22)16-7-3-2-4-8-16/h2-11,15,17H,12-14H2,1H3/t17-/m0/s1. The lowest BCUT2D eigenvalue weighted by Gasteiger charge is -2.29. The Morgan fingerprint density at radius 3 is 2.69 bits per heavy atom. The van der Waals surface area contributed by atoms with Crippen LogP contribution in [0.2, 0.25) is 0 Å². The molecule has 0 aliphatic carbocycles. The average Bonchev–Trinajstić information content (AvgIpc) is 3.26. The summed E-state index contributed by atoms with van der Waals surface area (Å²) >= 11 is 0. The Morgan fingerprint density at radius 1 is 1.12 bits per heavy atom. The minimum absolute atomic E-state index is 0.126. The van der Waals surface area contributed by atoms with Gasteiger partial charge in [-0.1, -0.05) is 30.3 Å². The lowest BCUT2D eigenvalue weighted by molar-refractivity contribution is -0.132. The summed E-state index contributed by atoms with van der Waals surface area (Å²) in [7, 11) is 1.68. The van der Waals surface area contributed by atoms with Crippen LogP contribution < -0.4 is 15.0 Å². The number of hydrogen-bond donors (Lipinski definition) is 0. The number of ether oxygens (including phenoxy) is 2. The molecule has 1 aliphatic heterocycles. The van der Waals surface area contributed by atoms with Crippen molar-refractivity contribution in [1.82, 2.24) is 24.2 Å². The number of carbonyl (C=O) groups excluding carboxylic acids is 1. The van der Waals surface area contributed by atoms with Gasteiger partial charge in [-0.15, -0.1) is 0 Å². The summed E-state index contributed by atoms with van der Waals surface area (Å²) in [5, 5.41) is 4.65. The van der Waals surface area contributed by atoms with Gasteiger partial charge in [0.2, 0.25) is 5.91 Å². The van der Waals surface area contributed by atoms with Gasteiger partial charge in [-0.2, -0.15) is 5.10 Å². The van der Waals surface area contributed by atoms with Gasteiger partial charge in [0.15, 0.2) is 23.3 Å². The second kappa shape index (κ2) is 8.18. The number of rotatable bonds is 5. The molecule has 0 bridgehead atoms. The van der Waals surface area contributed by atoms with E-state index in [2.05, 4.69) is 10.1 Å². The number of para-hydroxylation sites is 3. The first kappa shape index (κ1) is 19.8. The van der Waals surface area contributed by atoms with Crippen molar-refractivity contribution in [2.45, 2.75) is 12.6 Å². The summed E-state index contributed by atoms with van der Waals surface area (Å²) in [6.45, 7) is 0.559. The Labute approximate surface area is 183 Å². The number of nitrogens with zero attached hydrogens (tertiary/aromatic N) is 5. The van der Waals surface area contributed by atoms with Crippen LogP contribution in [-0.2, 0) is 11.3 Å². The Hall–Kier alpha value is -4.14.